The normalized spacial score (nSPS) is 21.6. The molecule has 0 atom stereocenters. The highest BCUT2D eigenvalue weighted by atomic mass is 28.4. The highest BCUT2D eigenvalue weighted by molar-refractivity contribution is 6.60. The van der Waals surface area contributed by atoms with Gasteiger partial charge in [-0.1, -0.05) is 38.5 Å². The summed E-state index contributed by atoms with van der Waals surface area (Å²) in [6.07, 6.45) is 13.0. The van der Waals surface area contributed by atoms with Gasteiger partial charge >= 0.3 is 8.80 Å². The molecule has 0 unspecified atom stereocenters. The third-order valence-corrected chi connectivity index (χ3v) is 10.3. The molecule has 1 aromatic rings. The zero-order valence-corrected chi connectivity index (χ0v) is 22.4. The number of rotatable bonds is 11. The largest absolute Gasteiger partial charge is 0.540 e. The first kappa shape index (κ1) is 26.0. The molecule has 3 aliphatic rings. The van der Waals surface area contributed by atoms with Crippen molar-refractivity contribution in [3.05, 3.63) is 23.8 Å². The minimum atomic E-state index is -2.87. The second kappa shape index (κ2) is 12.2. The molecule has 2 saturated carbocycles. The van der Waals surface area contributed by atoms with Gasteiger partial charge in [-0.05, 0) is 64.7 Å². The first-order chi connectivity index (χ1) is 16.6. The number of fused-ring (bicyclic) bond motifs is 1. The fourth-order valence-corrected chi connectivity index (χ4v) is 8.24. The summed E-state index contributed by atoms with van der Waals surface area (Å²) in [5, 5.41) is 0. The maximum absolute atomic E-state index is 6.87. The van der Waals surface area contributed by atoms with Crippen molar-refractivity contribution in [3.63, 3.8) is 0 Å². The molecule has 0 saturated heterocycles. The summed E-state index contributed by atoms with van der Waals surface area (Å²) in [5.41, 5.74) is 1.05. The molecule has 0 N–H and O–H groups in total. The predicted octanol–water partition coefficient (Wildman–Crippen LogP) is 6.42. The van der Waals surface area contributed by atoms with Gasteiger partial charge in [0.1, 0.15) is 11.5 Å². The van der Waals surface area contributed by atoms with E-state index < -0.39 is 14.6 Å². The standard InChI is InChI=1S/C27H44O6Si/c1-4-30-34(31-5-2,32-6-3)21-28-25-17-18-26-22(19-25)20-29-27(33-26,23-13-9-7-10-14-23)24-15-11-8-12-16-24/h17-19,23-24H,4-16,20-21H2,1-3H3. The molecule has 4 rings (SSSR count). The van der Waals surface area contributed by atoms with Crippen LogP contribution in [0.15, 0.2) is 18.2 Å². The van der Waals surface area contributed by atoms with E-state index in [1.54, 1.807) is 0 Å². The van der Waals surface area contributed by atoms with Gasteiger partial charge < -0.3 is 27.5 Å². The highest BCUT2D eigenvalue weighted by Gasteiger charge is 2.51. The molecule has 2 aliphatic carbocycles. The van der Waals surface area contributed by atoms with Crippen LogP contribution >= 0.6 is 0 Å². The summed E-state index contributed by atoms with van der Waals surface area (Å²) in [5.74, 6) is 2.24. The van der Waals surface area contributed by atoms with E-state index >= 15 is 0 Å². The molecular formula is C27H44O6Si. The van der Waals surface area contributed by atoms with Crippen molar-refractivity contribution in [2.24, 2.45) is 11.8 Å². The lowest BCUT2D eigenvalue weighted by molar-refractivity contribution is -0.278. The Labute approximate surface area is 207 Å². The number of hydrogen-bond acceptors (Lipinski definition) is 6. The van der Waals surface area contributed by atoms with Crippen LogP contribution in [0, 0.1) is 11.8 Å². The van der Waals surface area contributed by atoms with Crippen LogP contribution in [0.2, 0.25) is 0 Å². The minimum absolute atomic E-state index is 0.289. The first-order valence-electron chi connectivity index (χ1n) is 13.6. The van der Waals surface area contributed by atoms with Crippen molar-refractivity contribution in [3.8, 4) is 11.5 Å². The molecule has 6 nitrogen and oxygen atoms in total. The molecule has 1 aromatic carbocycles. The Bertz CT molecular complexity index is 724. The van der Waals surface area contributed by atoms with Crippen LogP contribution in [-0.4, -0.2) is 40.6 Å². The highest BCUT2D eigenvalue weighted by Crippen LogP contribution is 2.49. The van der Waals surface area contributed by atoms with Gasteiger partial charge in [0.05, 0.1) is 6.61 Å². The number of hydrogen-bond donors (Lipinski definition) is 0. The molecule has 2 fully saturated rings. The fourth-order valence-electron chi connectivity index (χ4n) is 6.08. The minimum Gasteiger partial charge on any atom is -0.489 e. The molecule has 0 aromatic heterocycles. The zero-order valence-electron chi connectivity index (χ0n) is 21.4. The van der Waals surface area contributed by atoms with E-state index in [0.29, 0.717) is 38.3 Å². The molecule has 1 heterocycles. The molecule has 7 heteroatoms. The van der Waals surface area contributed by atoms with Crippen molar-refractivity contribution in [1.82, 2.24) is 0 Å². The number of benzene rings is 1. The van der Waals surface area contributed by atoms with Gasteiger partial charge in [-0.2, -0.15) is 0 Å². The van der Waals surface area contributed by atoms with E-state index in [9.17, 15) is 0 Å². The summed E-state index contributed by atoms with van der Waals surface area (Å²) < 4.78 is 37.6. The molecule has 0 amide bonds. The first-order valence-corrected chi connectivity index (χ1v) is 15.6. The SMILES string of the molecule is CCO[Si](COc1ccc2c(c1)COC(C1CCCCC1)(C1CCCCC1)O2)(OCC)OCC. The lowest BCUT2D eigenvalue weighted by Crippen LogP contribution is -2.55. The number of ether oxygens (including phenoxy) is 3. The van der Waals surface area contributed by atoms with Crippen LogP contribution in [-0.2, 0) is 24.6 Å². The van der Waals surface area contributed by atoms with Gasteiger partial charge in [0.15, 0.2) is 6.23 Å². The van der Waals surface area contributed by atoms with Crippen LogP contribution in [0.1, 0.15) is 90.5 Å². The molecule has 1 aliphatic heterocycles. The van der Waals surface area contributed by atoms with Crippen molar-refractivity contribution in [2.45, 2.75) is 97.4 Å². The van der Waals surface area contributed by atoms with Crippen LogP contribution < -0.4 is 9.47 Å². The van der Waals surface area contributed by atoms with E-state index in [1.165, 1.54) is 64.2 Å². The molecular weight excluding hydrogens is 448 g/mol. The molecule has 34 heavy (non-hydrogen) atoms. The van der Waals surface area contributed by atoms with Crippen molar-refractivity contribution < 1.29 is 27.5 Å². The second-order valence-electron chi connectivity index (χ2n) is 9.82. The average Bonchev–Trinajstić information content (AvgIpc) is 2.88. The van der Waals surface area contributed by atoms with E-state index in [4.69, 9.17) is 27.5 Å². The Kier molecular flexibility index (Phi) is 9.33. The van der Waals surface area contributed by atoms with Crippen LogP contribution in [0.5, 0.6) is 11.5 Å². The molecule has 0 spiro atoms. The van der Waals surface area contributed by atoms with E-state index in [0.717, 1.165) is 17.1 Å². The topological polar surface area (TPSA) is 55.4 Å². The Morgan fingerprint density at radius 2 is 1.38 bits per heavy atom. The Morgan fingerprint density at radius 1 is 0.824 bits per heavy atom. The van der Waals surface area contributed by atoms with Gasteiger partial charge in [0, 0.05) is 37.2 Å². The molecule has 0 radical (unpaired) electrons. The van der Waals surface area contributed by atoms with E-state index in [-0.39, 0.29) is 6.23 Å². The third kappa shape index (κ3) is 5.81. The third-order valence-electron chi connectivity index (χ3n) is 7.61. The lowest BCUT2D eigenvalue weighted by atomic mass is 9.72. The Hall–Kier alpha value is -1.12. The quantitative estimate of drug-likeness (QED) is 0.332. The van der Waals surface area contributed by atoms with Crippen molar-refractivity contribution >= 4 is 8.80 Å². The zero-order chi connectivity index (χ0) is 23.9. The second-order valence-corrected chi connectivity index (χ2v) is 12.3. The maximum atomic E-state index is 6.87. The van der Waals surface area contributed by atoms with Gasteiger partial charge in [0.2, 0.25) is 5.79 Å². The van der Waals surface area contributed by atoms with Gasteiger partial charge in [-0.15, -0.1) is 0 Å². The van der Waals surface area contributed by atoms with Crippen LogP contribution in [0.4, 0.5) is 0 Å². The smallest absolute Gasteiger partial charge is 0.489 e. The maximum Gasteiger partial charge on any atom is 0.540 e. The van der Waals surface area contributed by atoms with Crippen molar-refractivity contribution in [1.29, 1.82) is 0 Å². The van der Waals surface area contributed by atoms with E-state index in [1.807, 2.05) is 32.9 Å². The van der Waals surface area contributed by atoms with Crippen molar-refractivity contribution in [2.75, 3.05) is 26.1 Å². The predicted molar refractivity (Wildman–Crippen MR) is 134 cm³/mol. The van der Waals surface area contributed by atoms with Gasteiger partial charge in [-0.25, -0.2) is 0 Å². The van der Waals surface area contributed by atoms with E-state index in [2.05, 4.69) is 6.07 Å². The summed E-state index contributed by atoms with van der Waals surface area (Å²) in [6, 6.07) is 6.11. The van der Waals surface area contributed by atoms with Crippen LogP contribution in [0.25, 0.3) is 0 Å². The average molecular weight is 493 g/mol. The lowest BCUT2D eigenvalue weighted by Gasteiger charge is -2.50. The summed E-state index contributed by atoms with van der Waals surface area (Å²) >= 11 is 0. The molecule has 192 valence electrons. The summed E-state index contributed by atoms with van der Waals surface area (Å²) in [4.78, 5) is 0. The fraction of sp³-hybridized carbons (Fsp3) is 0.778. The monoisotopic (exact) mass is 492 g/mol. The Morgan fingerprint density at radius 3 is 1.91 bits per heavy atom. The van der Waals surface area contributed by atoms with Crippen LogP contribution in [0.3, 0.4) is 0 Å². The molecule has 0 bridgehead atoms. The van der Waals surface area contributed by atoms with Gasteiger partial charge in [0.25, 0.3) is 0 Å². The Balaban J connectivity index is 1.50. The summed E-state index contributed by atoms with van der Waals surface area (Å²) in [6.45, 7) is 8.04. The van der Waals surface area contributed by atoms with Gasteiger partial charge in [-0.3, -0.25) is 0 Å². The summed E-state index contributed by atoms with van der Waals surface area (Å²) in [7, 11) is -2.87.